The molecule has 0 saturated heterocycles. The van der Waals surface area contributed by atoms with Crippen LogP contribution in [0.1, 0.15) is 19.9 Å². The number of hydrogen-bond donors (Lipinski definition) is 1. The van der Waals surface area contributed by atoms with Crippen LogP contribution in [0.3, 0.4) is 0 Å². The summed E-state index contributed by atoms with van der Waals surface area (Å²) >= 11 is 0. The van der Waals surface area contributed by atoms with Crippen LogP contribution in [0.2, 0.25) is 0 Å². The molecule has 0 aliphatic carbocycles. The maximum absolute atomic E-state index is 5.78. The minimum Gasteiger partial charge on any atom is -0.382 e. The van der Waals surface area contributed by atoms with E-state index in [4.69, 9.17) is 5.73 Å². The lowest BCUT2D eigenvalue weighted by Crippen LogP contribution is -2.02. The molecule has 2 aromatic rings. The van der Waals surface area contributed by atoms with Gasteiger partial charge in [0.15, 0.2) is 5.82 Å². The highest BCUT2D eigenvalue weighted by molar-refractivity contribution is 5.89. The molecule has 0 saturated carbocycles. The Hall–Kier alpha value is -1.51. The Morgan fingerprint density at radius 3 is 2.69 bits per heavy atom. The molecular formula is C10H13N3. The summed E-state index contributed by atoms with van der Waals surface area (Å²) in [5.41, 5.74) is 6.89. The van der Waals surface area contributed by atoms with Crippen LogP contribution in [0.4, 0.5) is 5.82 Å². The first-order chi connectivity index (χ1) is 6.20. The predicted octanol–water partition coefficient (Wildman–Crippen LogP) is 2.20. The zero-order valence-corrected chi connectivity index (χ0v) is 7.86. The first kappa shape index (κ1) is 8.10. The number of fused-ring (bicyclic) bond motifs is 1. The molecule has 0 spiro atoms. The van der Waals surface area contributed by atoms with Gasteiger partial charge in [0.25, 0.3) is 0 Å². The third kappa shape index (κ3) is 1.16. The van der Waals surface area contributed by atoms with E-state index in [1.807, 2.05) is 28.9 Å². The fourth-order valence-corrected chi connectivity index (χ4v) is 1.51. The Labute approximate surface area is 77.2 Å². The monoisotopic (exact) mass is 175 g/mol. The summed E-state index contributed by atoms with van der Waals surface area (Å²) in [5.74, 6) is 0.615. The zero-order chi connectivity index (χ0) is 9.42. The van der Waals surface area contributed by atoms with Gasteiger partial charge in [0.2, 0.25) is 0 Å². The molecule has 68 valence electrons. The topological polar surface area (TPSA) is 43.8 Å². The van der Waals surface area contributed by atoms with E-state index in [1.54, 1.807) is 0 Å². The van der Waals surface area contributed by atoms with Gasteiger partial charge in [-0.25, -0.2) is 0 Å². The second-order valence-corrected chi connectivity index (χ2v) is 3.44. The standard InChI is InChI=1S/C10H13N3/c1-7(2)13-9-6-4-3-5-8(9)10(11)12-13/h3-7H,1-2H3,(H2,11,12). The summed E-state index contributed by atoms with van der Waals surface area (Å²) in [6, 6.07) is 8.37. The molecule has 13 heavy (non-hydrogen) atoms. The lowest BCUT2D eigenvalue weighted by molar-refractivity contribution is 0.553. The van der Waals surface area contributed by atoms with E-state index in [0.29, 0.717) is 11.9 Å². The quantitative estimate of drug-likeness (QED) is 0.722. The lowest BCUT2D eigenvalue weighted by atomic mass is 10.2. The van der Waals surface area contributed by atoms with Gasteiger partial charge >= 0.3 is 0 Å². The molecule has 2 N–H and O–H groups in total. The minimum absolute atomic E-state index is 0.349. The Morgan fingerprint density at radius 2 is 2.00 bits per heavy atom. The van der Waals surface area contributed by atoms with Gasteiger partial charge in [0, 0.05) is 11.4 Å². The Balaban J connectivity index is 2.78. The maximum atomic E-state index is 5.78. The van der Waals surface area contributed by atoms with Crippen LogP contribution < -0.4 is 5.73 Å². The second-order valence-electron chi connectivity index (χ2n) is 3.44. The van der Waals surface area contributed by atoms with Crippen LogP contribution in [0.5, 0.6) is 0 Å². The SMILES string of the molecule is CC(C)n1nc(N)c2ccccc21. The van der Waals surface area contributed by atoms with E-state index in [0.717, 1.165) is 10.9 Å². The predicted molar refractivity (Wildman–Crippen MR) is 54.5 cm³/mol. The molecule has 3 heteroatoms. The molecule has 0 atom stereocenters. The number of anilines is 1. The van der Waals surface area contributed by atoms with Crippen molar-refractivity contribution < 1.29 is 0 Å². The molecule has 1 aromatic carbocycles. The number of para-hydroxylation sites is 1. The van der Waals surface area contributed by atoms with Crippen molar-refractivity contribution in [2.24, 2.45) is 0 Å². The van der Waals surface area contributed by atoms with Crippen molar-refractivity contribution in [2.75, 3.05) is 5.73 Å². The number of nitrogens with two attached hydrogens (primary N) is 1. The van der Waals surface area contributed by atoms with E-state index in [-0.39, 0.29) is 0 Å². The Morgan fingerprint density at radius 1 is 1.31 bits per heavy atom. The number of nitrogens with zero attached hydrogens (tertiary/aromatic N) is 2. The molecule has 0 aliphatic heterocycles. The highest BCUT2D eigenvalue weighted by Crippen LogP contribution is 2.22. The largest absolute Gasteiger partial charge is 0.382 e. The third-order valence-electron chi connectivity index (χ3n) is 2.13. The van der Waals surface area contributed by atoms with Gasteiger partial charge < -0.3 is 5.73 Å². The van der Waals surface area contributed by atoms with E-state index < -0.39 is 0 Å². The van der Waals surface area contributed by atoms with E-state index in [1.165, 1.54) is 0 Å². The van der Waals surface area contributed by atoms with E-state index in [2.05, 4.69) is 18.9 Å². The second kappa shape index (κ2) is 2.76. The average Bonchev–Trinajstić information content (AvgIpc) is 2.45. The lowest BCUT2D eigenvalue weighted by Gasteiger charge is -2.05. The van der Waals surface area contributed by atoms with Crippen molar-refractivity contribution in [1.82, 2.24) is 9.78 Å². The summed E-state index contributed by atoms with van der Waals surface area (Å²) in [6.07, 6.45) is 0. The van der Waals surface area contributed by atoms with Crippen molar-refractivity contribution in [3.05, 3.63) is 24.3 Å². The van der Waals surface area contributed by atoms with Crippen LogP contribution in [-0.4, -0.2) is 9.78 Å². The molecule has 0 radical (unpaired) electrons. The summed E-state index contributed by atoms with van der Waals surface area (Å²) in [5, 5.41) is 5.32. The smallest absolute Gasteiger partial charge is 0.153 e. The van der Waals surface area contributed by atoms with Gasteiger partial charge in [-0.15, -0.1) is 0 Å². The minimum atomic E-state index is 0.349. The number of hydrogen-bond acceptors (Lipinski definition) is 2. The zero-order valence-electron chi connectivity index (χ0n) is 7.86. The van der Waals surface area contributed by atoms with Crippen molar-refractivity contribution >= 4 is 16.7 Å². The van der Waals surface area contributed by atoms with Gasteiger partial charge in [-0.2, -0.15) is 5.10 Å². The number of nitrogen functional groups attached to an aromatic ring is 1. The van der Waals surface area contributed by atoms with Gasteiger partial charge in [-0.05, 0) is 26.0 Å². The maximum Gasteiger partial charge on any atom is 0.153 e. The van der Waals surface area contributed by atoms with Crippen LogP contribution in [0.15, 0.2) is 24.3 Å². The molecule has 1 heterocycles. The molecule has 0 aliphatic rings. The van der Waals surface area contributed by atoms with Crippen LogP contribution >= 0.6 is 0 Å². The average molecular weight is 175 g/mol. The van der Waals surface area contributed by atoms with Crippen LogP contribution in [0.25, 0.3) is 10.9 Å². The van der Waals surface area contributed by atoms with Gasteiger partial charge in [-0.1, -0.05) is 12.1 Å². The van der Waals surface area contributed by atoms with Crippen molar-refractivity contribution in [3.8, 4) is 0 Å². The first-order valence-electron chi connectivity index (χ1n) is 4.43. The molecule has 3 nitrogen and oxygen atoms in total. The van der Waals surface area contributed by atoms with Crippen molar-refractivity contribution in [1.29, 1.82) is 0 Å². The van der Waals surface area contributed by atoms with Crippen LogP contribution in [0, 0.1) is 0 Å². The Kier molecular flexibility index (Phi) is 1.72. The molecular weight excluding hydrogens is 162 g/mol. The number of aromatic nitrogens is 2. The molecule has 0 amide bonds. The number of benzene rings is 1. The number of rotatable bonds is 1. The molecule has 0 fully saturated rings. The molecule has 2 rings (SSSR count). The van der Waals surface area contributed by atoms with Crippen molar-refractivity contribution in [2.45, 2.75) is 19.9 Å². The highest BCUT2D eigenvalue weighted by Gasteiger charge is 2.08. The fraction of sp³-hybridized carbons (Fsp3) is 0.300. The summed E-state index contributed by atoms with van der Waals surface area (Å²) < 4.78 is 1.95. The summed E-state index contributed by atoms with van der Waals surface area (Å²) in [6.45, 7) is 4.19. The Bertz CT molecular complexity index is 429. The normalized spacial score (nSPS) is 11.3. The van der Waals surface area contributed by atoms with Gasteiger partial charge in [0.1, 0.15) is 0 Å². The van der Waals surface area contributed by atoms with E-state index in [9.17, 15) is 0 Å². The molecule has 0 unspecified atom stereocenters. The first-order valence-corrected chi connectivity index (χ1v) is 4.43. The molecule has 0 bridgehead atoms. The fourth-order valence-electron chi connectivity index (χ4n) is 1.51. The van der Waals surface area contributed by atoms with Gasteiger partial charge in [-0.3, -0.25) is 4.68 Å². The highest BCUT2D eigenvalue weighted by atomic mass is 15.3. The van der Waals surface area contributed by atoms with E-state index >= 15 is 0 Å². The summed E-state index contributed by atoms with van der Waals surface area (Å²) in [7, 11) is 0. The van der Waals surface area contributed by atoms with Crippen LogP contribution in [-0.2, 0) is 0 Å². The molecule has 1 aromatic heterocycles. The summed E-state index contributed by atoms with van der Waals surface area (Å²) in [4.78, 5) is 0. The van der Waals surface area contributed by atoms with Gasteiger partial charge in [0.05, 0.1) is 5.52 Å². The van der Waals surface area contributed by atoms with Crippen molar-refractivity contribution in [3.63, 3.8) is 0 Å². The third-order valence-corrected chi connectivity index (χ3v) is 2.13.